The fourth-order valence-corrected chi connectivity index (χ4v) is 10.0. The van der Waals surface area contributed by atoms with Crippen molar-refractivity contribution in [2.75, 3.05) is 81.3 Å². The standard InChI is InChI=1S/C30H51Cl3NO11P.C24H42Cl3NO8.C2H4.3CH4/c1-7-11-12-13-14-15-23(38-6)16-20-39-27-25(34-29(35)41-22-30(31,32)33)28(40-17-8-2)44-24(21-37-5)26(27)45-46(36,42-18-9-3)43-19-10-4;1-5-7-8-9-10-11-17(32-4)12-14-33-21-19(28-23(30)35-16-24(25,26)27)22(34-13-6-2)36-18(15-31-3)20(21)29;1-2;;;/h8-10,17,23-28H,3-4,7,11-16,18-22H2,1-2,5-6H3,(H,34,35);6,13,17-22,29H,5,7-12,14-16H2,1-4H3,(H,28,30);1-2H2;3*1H4/b17-8-;13-6-;;;;/t23-,24-,25-,26-,27-,28+;17-,18-,19-,20-,21-,22+;;;;/m11..../s1. The lowest BCUT2D eigenvalue weighted by Gasteiger charge is -2.45. The molecule has 2 amide bonds. The van der Waals surface area contributed by atoms with Crippen LogP contribution in [0.5, 0.6) is 0 Å². The number of carbonyl (C=O) groups is 2. The van der Waals surface area contributed by atoms with E-state index >= 15 is 0 Å². The Balaban J connectivity index is -0.000000763. The number of methoxy groups -OCH3 is 4. The number of phosphoric acid groups is 1. The normalized spacial score (nSPS) is 22.7. The van der Waals surface area contributed by atoms with E-state index < -0.39 is 102 Å². The number of aliphatic hydroxyl groups is 1. The molecule has 12 atom stereocenters. The maximum Gasteiger partial charge on any atom is 0.475 e. The van der Waals surface area contributed by atoms with Gasteiger partial charge in [0.2, 0.25) is 20.2 Å². The topological polar surface area (TPSA) is 234 Å². The van der Waals surface area contributed by atoms with Gasteiger partial charge >= 0.3 is 20.0 Å². The van der Waals surface area contributed by atoms with E-state index in [9.17, 15) is 19.3 Å². The third kappa shape index (κ3) is 41.5. The summed E-state index contributed by atoms with van der Waals surface area (Å²) in [6.07, 6.45) is 13.4. The average Bonchev–Trinajstić information content (AvgIpc) is 1.97. The summed E-state index contributed by atoms with van der Waals surface area (Å²) in [6.45, 7) is 20.3. The van der Waals surface area contributed by atoms with Crippen molar-refractivity contribution >= 4 is 89.6 Å². The third-order valence-electron chi connectivity index (χ3n) is 12.4. The molecule has 21 nitrogen and oxygen atoms in total. The number of hydrogen-bond acceptors (Lipinski definition) is 19. The van der Waals surface area contributed by atoms with Gasteiger partial charge in [0.25, 0.3) is 0 Å². The Kier molecular flexibility index (Phi) is 57.8. The number of alkyl carbamates (subject to hydrolysis) is 2. The fourth-order valence-electron chi connectivity index (χ4n) is 8.36. The minimum atomic E-state index is -4.27. The van der Waals surface area contributed by atoms with E-state index in [0.717, 1.165) is 44.9 Å². The van der Waals surface area contributed by atoms with Gasteiger partial charge in [0.15, 0.2) is 0 Å². The van der Waals surface area contributed by atoms with Crippen LogP contribution in [-0.4, -0.2) is 180 Å². The van der Waals surface area contributed by atoms with Crippen molar-refractivity contribution in [1.29, 1.82) is 0 Å². The number of allylic oxidation sites excluding steroid dienone is 2. The second-order valence-corrected chi connectivity index (χ2v) is 25.6. The van der Waals surface area contributed by atoms with E-state index in [1.165, 1.54) is 71.0 Å². The number of hydrogen-bond donors (Lipinski definition) is 3. The lowest BCUT2D eigenvalue weighted by Crippen LogP contribution is -2.66. The van der Waals surface area contributed by atoms with Crippen molar-refractivity contribution < 1.29 is 89.7 Å². The molecule has 0 aromatic rings. The molecule has 2 fully saturated rings. The van der Waals surface area contributed by atoms with E-state index in [1.807, 2.05) is 0 Å². The number of nitrogens with one attached hydrogen (secondary N) is 2. The minimum absolute atomic E-state index is 0. The second-order valence-electron chi connectivity index (χ2n) is 19.0. The number of halogens is 6. The van der Waals surface area contributed by atoms with Crippen LogP contribution in [0.2, 0.25) is 0 Å². The van der Waals surface area contributed by atoms with Gasteiger partial charge in [0, 0.05) is 41.7 Å². The number of ether oxygens (including phenoxy) is 12. The van der Waals surface area contributed by atoms with Crippen molar-refractivity contribution in [3.05, 3.63) is 63.1 Å². The van der Waals surface area contributed by atoms with Crippen molar-refractivity contribution in [3.63, 3.8) is 0 Å². The van der Waals surface area contributed by atoms with Crippen LogP contribution in [-0.2, 0) is 75.0 Å². The molecule has 2 saturated heterocycles. The second kappa shape index (κ2) is 54.8. The first-order valence-corrected chi connectivity index (χ1v) is 31.9. The molecule has 87 heavy (non-hydrogen) atoms. The Bertz CT molecular complexity index is 1810. The number of unbranched alkanes of at least 4 members (excludes halogenated alkanes) is 8. The van der Waals surface area contributed by atoms with Crippen LogP contribution < -0.4 is 10.6 Å². The number of rotatable bonds is 42. The fraction of sp³-hybridized carbons (Fsp3) is 0.797. The molecule has 2 rings (SSSR count). The van der Waals surface area contributed by atoms with Gasteiger partial charge in [-0.25, -0.2) is 14.2 Å². The molecular weight excluding hydrogens is 1280 g/mol. The molecule has 28 heteroatoms. The Labute approximate surface area is 552 Å². The molecule has 0 saturated carbocycles. The summed E-state index contributed by atoms with van der Waals surface area (Å²) in [7, 11) is 2.02. The molecule has 2 aliphatic rings. The summed E-state index contributed by atoms with van der Waals surface area (Å²) in [4.78, 5) is 25.4. The van der Waals surface area contributed by atoms with Crippen molar-refractivity contribution in [1.82, 2.24) is 10.6 Å². The molecule has 0 aromatic carbocycles. The average molecular weight is 1390 g/mol. The number of carbonyl (C=O) groups excluding carboxylic acids is 2. The number of alkyl halides is 6. The smallest absolute Gasteiger partial charge is 0.471 e. The maximum atomic E-state index is 13.8. The van der Waals surface area contributed by atoms with Gasteiger partial charge < -0.3 is 72.6 Å². The molecule has 3 N–H and O–H groups in total. The summed E-state index contributed by atoms with van der Waals surface area (Å²) in [6, 6.07) is -2.03. The summed E-state index contributed by atoms with van der Waals surface area (Å²) in [5.41, 5.74) is 0. The first kappa shape index (κ1) is 91.7. The summed E-state index contributed by atoms with van der Waals surface area (Å²) < 4.78 is 95.1. The van der Waals surface area contributed by atoms with Gasteiger partial charge in [-0.1, -0.05) is 194 Å². The zero-order valence-electron chi connectivity index (χ0n) is 50.3. The van der Waals surface area contributed by atoms with Crippen LogP contribution >= 0.6 is 77.4 Å². The summed E-state index contributed by atoms with van der Waals surface area (Å²) >= 11 is 34.3. The molecule has 0 radical (unpaired) electrons. The van der Waals surface area contributed by atoms with Gasteiger partial charge in [0.05, 0.1) is 51.2 Å². The monoisotopic (exact) mass is 1390 g/mol. The number of aliphatic hydroxyl groups excluding tert-OH is 1. The highest BCUT2D eigenvalue weighted by atomic mass is 35.6. The van der Waals surface area contributed by atoms with Crippen molar-refractivity contribution in [2.24, 2.45) is 0 Å². The Hall–Kier alpha value is -1.67. The maximum absolute atomic E-state index is 13.8. The molecule has 2 aliphatic heterocycles. The van der Waals surface area contributed by atoms with Crippen LogP contribution in [0.15, 0.2) is 63.1 Å². The van der Waals surface area contributed by atoms with Crippen molar-refractivity contribution in [2.45, 2.75) is 221 Å². The molecule has 2 heterocycles. The molecule has 0 aromatic heterocycles. The van der Waals surface area contributed by atoms with Crippen LogP contribution in [0.1, 0.15) is 140 Å². The SMILES string of the molecule is C.C.C.C/C=C\O[C@H]1O[C@H](COC)[C@@H](O)[C@H](OCC[C@@H](CCCCCCC)OC)[C@H]1NC(=O)OCC(Cl)(Cl)Cl.C=C.C=CCOP(=O)(OCC=C)O[C@H]1[C@H](OCC[C@@H](CCCCCCC)OC)[C@@H](NC(=O)OCC(Cl)(Cl)Cl)[C@@H](O/C=C\C)O[C@@H]1COC. The predicted molar refractivity (Wildman–Crippen MR) is 349 cm³/mol. The highest BCUT2D eigenvalue weighted by molar-refractivity contribution is 7.48. The van der Waals surface area contributed by atoms with Gasteiger partial charge in [-0.05, 0) is 39.5 Å². The molecular formula is C59H109Cl6N2O19P. The largest absolute Gasteiger partial charge is 0.475 e. The van der Waals surface area contributed by atoms with E-state index in [0.29, 0.717) is 12.8 Å². The quantitative estimate of drug-likeness (QED) is 0.0169. The predicted octanol–water partition coefficient (Wildman–Crippen LogP) is 15.0. The lowest BCUT2D eigenvalue weighted by molar-refractivity contribution is -0.264. The Morgan fingerprint density at radius 2 is 1.00 bits per heavy atom. The van der Waals surface area contributed by atoms with Gasteiger partial charge in [-0.2, -0.15) is 0 Å². The highest BCUT2D eigenvalue weighted by Crippen LogP contribution is 2.52. The van der Waals surface area contributed by atoms with Crippen molar-refractivity contribution in [3.8, 4) is 0 Å². The molecule has 0 bridgehead atoms. The van der Waals surface area contributed by atoms with Crippen LogP contribution in [0, 0.1) is 0 Å². The van der Waals surface area contributed by atoms with Gasteiger partial charge in [-0.15, -0.1) is 26.3 Å². The molecule has 0 spiro atoms. The Morgan fingerprint density at radius 1 is 0.609 bits per heavy atom. The number of phosphoric ester groups is 1. The van der Waals surface area contributed by atoms with E-state index in [1.54, 1.807) is 40.2 Å². The third-order valence-corrected chi connectivity index (χ3v) is 14.4. The van der Waals surface area contributed by atoms with Crippen LogP contribution in [0.25, 0.3) is 0 Å². The van der Waals surface area contributed by atoms with E-state index in [2.05, 4.69) is 50.8 Å². The van der Waals surface area contributed by atoms with Gasteiger partial charge in [-0.3, -0.25) is 13.6 Å². The van der Waals surface area contributed by atoms with Gasteiger partial charge in [0.1, 0.15) is 61.9 Å². The lowest BCUT2D eigenvalue weighted by atomic mass is 9.96. The van der Waals surface area contributed by atoms with Crippen LogP contribution in [0.3, 0.4) is 0 Å². The zero-order valence-corrected chi connectivity index (χ0v) is 55.7. The zero-order chi connectivity index (χ0) is 63.4. The molecule has 0 aliphatic carbocycles. The van der Waals surface area contributed by atoms with Crippen LogP contribution in [0.4, 0.5) is 9.59 Å². The Morgan fingerprint density at radius 3 is 1.38 bits per heavy atom. The molecule has 0 unspecified atom stereocenters. The minimum Gasteiger partial charge on any atom is -0.471 e. The highest BCUT2D eigenvalue weighted by Gasteiger charge is 2.53. The van der Waals surface area contributed by atoms with E-state index in [-0.39, 0.29) is 74.1 Å². The first-order valence-electron chi connectivity index (χ1n) is 28.2. The number of amides is 2. The summed E-state index contributed by atoms with van der Waals surface area (Å²) in [5, 5.41) is 16.3. The van der Waals surface area contributed by atoms with E-state index in [4.69, 9.17) is 140 Å². The summed E-state index contributed by atoms with van der Waals surface area (Å²) in [5.74, 6) is 0. The first-order chi connectivity index (χ1) is 40.1. The molecule has 516 valence electrons.